The molecule has 1 rings (SSSR count). The average molecular weight is 171 g/mol. The van der Waals surface area contributed by atoms with Gasteiger partial charge in [0.15, 0.2) is 0 Å². The van der Waals surface area contributed by atoms with E-state index in [9.17, 15) is 4.79 Å². The third-order valence-corrected chi connectivity index (χ3v) is 2.03. The van der Waals surface area contributed by atoms with Crippen molar-refractivity contribution in [3.63, 3.8) is 0 Å². The van der Waals surface area contributed by atoms with Gasteiger partial charge < -0.3 is 16.4 Å². The van der Waals surface area contributed by atoms with Crippen LogP contribution in [-0.2, 0) is 4.79 Å². The van der Waals surface area contributed by atoms with Crippen LogP contribution in [0.15, 0.2) is 0 Å². The van der Waals surface area contributed by atoms with Crippen LogP contribution in [-0.4, -0.2) is 31.6 Å². The van der Waals surface area contributed by atoms with Crippen LogP contribution in [0.2, 0.25) is 0 Å². The van der Waals surface area contributed by atoms with Gasteiger partial charge >= 0.3 is 0 Å². The van der Waals surface area contributed by atoms with Crippen molar-refractivity contribution in [2.24, 2.45) is 11.7 Å². The standard InChI is InChI=1S/C8H17N3O/c1-6(9)4-11-8(12)7-2-3-10-5-7/h6-7,10H,2-5,9H2,1H3,(H,11,12). The highest BCUT2D eigenvalue weighted by Gasteiger charge is 2.21. The summed E-state index contributed by atoms with van der Waals surface area (Å²) in [5, 5.41) is 5.97. The van der Waals surface area contributed by atoms with E-state index in [4.69, 9.17) is 5.73 Å². The second-order valence-electron chi connectivity index (χ2n) is 3.41. The van der Waals surface area contributed by atoms with Gasteiger partial charge in [0.1, 0.15) is 0 Å². The van der Waals surface area contributed by atoms with Crippen molar-refractivity contribution < 1.29 is 4.79 Å². The van der Waals surface area contributed by atoms with Gasteiger partial charge in [0.05, 0.1) is 5.92 Å². The number of carbonyl (C=O) groups is 1. The number of amides is 1. The molecule has 1 heterocycles. The zero-order valence-corrected chi connectivity index (χ0v) is 7.47. The predicted molar refractivity (Wildman–Crippen MR) is 47.6 cm³/mol. The largest absolute Gasteiger partial charge is 0.354 e. The fourth-order valence-corrected chi connectivity index (χ4v) is 1.28. The molecule has 70 valence electrons. The van der Waals surface area contributed by atoms with E-state index in [2.05, 4.69) is 10.6 Å². The summed E-state index contributed by atoms with van der Waals surface area (Å²) in [5.41, 5.74) is 5.51. The maximum absolute atomic E-state index is 11.3. The average Bonchev–Trinajstić information content (AvgIpc) is 2.51. The van der Waals surface area contributed by atoms with Gasteiger partial charge in [0, 0.05) is 19.1 Å². The lowest BCUT2D eigenvalue weighted by Crippen LogP contribution is -2.39. The van der Waals surface area contributed by atoms with E-state index in [1.54, 1.807) is 0 Å². The number of carbonyl (C=O) groups excluding carboxylic acids is 1. The van der Waals surface area contributed by atoms with Gasteiger partial charge in [-0.15, -0.1) is 0 Å². The quantitative estimate of drug-likeness (QED) is 0.513. The Balaban J connectivity index is 2.18. The van der Waals surface area contributed by atoms with E-state index < -0.39 is 0 Å². The molecule has 0 radical (unpaired) electrons. The van der Waals surface area contributed by atoms with E-state index in [1.807, 2.05) is 6.92 Å². The Bertz CT molecular complexity index is 152. The molecule has 12 heavy (non-hydrogen) atoms. The molecule has 4 heteroatoms. The number of rotatable bonds is 3. The van der Waals surface area contributed by atoms with Crippen LogP contribution in [0.4, 0.5) is 0 Å². The molecular formula is C8H17N3O. The molecule has 0 aromatic heterocycles. The van der Waals surface area contributed by atoms with Crippen LogP contribution in [0.3, 0.4) is 0 Å². The molecule has 0 saturated carbocycles. The maximum atomic E-state index is 11.3. The summed E-state index contributed by atoms with van der Waals surface area (Å²) < 4.78 is 0. The van der Waals surface area contributed by atoms with E-state index in [-0.39, 0.29) is 17.9 Å². The summed E-state index contributed by atoms with van der Waals surface area (Å²) in [5.74, 6) is 0.293. The summed E-state index contributed by atoms with van der Waals surface area (Å²) in [6, 6.07) is 0.0447. The Labute approximate surface area is 72.9 Å². The summed E-state index contributed by atoms with van der Waals surface area (Å²) in [7, 11) is 0. The number of hydrogen-bond acceptors (Lipinski definition) is 3. The summed E-state index contributed by atoms with van der Waals surface area (Å²) >= 11 is 0. The van der Waals surface area contributed by atoms with Crippen LogP contribution in [0.25, 0.3) is 0 Å². The van der Waals surface area contributed by atoms with E-state index >= 15 is 0 Å². The molecule has 1 saturated heterocycles. The highest BCUT2D eigenvalue weighted by Crippen LogP contribution is 2.06. The van der Waals surface area contributed by atoms with Crippen molar-refractivity contribution in [2.45, 2.75) is 19.4 Å². The predicted octanol–water partition coefficient (Wildman–Crippen LogP) is -0.941. The maximum Gasteiger partial charge on any atom is 0.224 e. The zero-order valence-electron chi connectivity index (χ0n) is 7.47. The van der Waals surface area contributed by atoms with Crippen molar-refractivity contribution in [2.75, 3.05) is 19.6 Å². The third-order valence-electron chi connectivity index (χ3n) is 2.03. The second-order valence-corrected chi connectivity index (χ2v) is 3.41. The van der Waals surface area contributed by atoms with Gasteiger partial charge in [-0.3, -0.25) is 4.79 Å². The fourth-order valence-electron chi connectivity index (χ4n) is 1.28. The topological polar surface area (TPSA) is 67.1 Å². The minimum absolute atomic E-state index is 0.0447. The smallest absolute Gasteiger partial charge is 0.224 e. The van der Waals surface area contributed by atoms with Gasteiger partial charge in [-0.25, -0.2) is 0 Å². The first-order valence-electron chi connectivity index (χ1n) is 4.44. The summed E-state index contributed by atoms with van der Waals surface area (Å²) in [4.78, 5) is 11.3. The molecule has 0 bridgehead atoms. The van der Waals surface area contributed by atoms with Crippen molar-refractivity contribution >= 4 is 5.91 Å². The molecule has 1 aliphatic rings. The Hall–Kier alpha value is -0.610. The Morgan fingerprint density at radius 1 is 1.83 bits per heavy atom. The minimum atomic E-state index is 0.0447. The molecule has 4 N–H and O–H groups in total. The lowest BCUT2D eigenvalue weighted by molar-refractivity contribution is -0.124. The lowest BCUT2D eigenvalue weighted by atomic mass is 10.1. The highest BCUT2D eigenvalue weighted by atomic mass is 16.1. The van der Waals surface area contributed by atoms with Crippen LogP contribution in [0, 0.1) is 5.92 Å². The van der Waals surface area contributed by atoms with Crippen LogP contribution in [0.5, 0.6) is 0 Å². The SMILES string of the molecule is CC(N)CNC(=O)C1CCNC1. The number of nitrogens with one attached hydrogen (secondary N) is 2. The Morgan fingerprint density at radius 2 is 2.58 bits per heavy atom. The highest BCUT2D eigenvalue weighted by molar-refractivity contribution is 5.79. The van der Waals surface area contributed by atoms with Gasteiger partial charge in [0.2, 0.25) is 5.91 Å². The summed E-state index contributed by atoms with van der Waals surface area (Å²) in [6.07, 6.45) is 0.949. The Morgan fingerprint density at radius 3 is 3.08 bits per heavy atom. The molecule has 0 aromatic rings. The molecule has 1 amide bonds. The first kappa shape index (κ1) is 9.48. The minimum Gasteiger partial charge on any atom is -0.354 e. The van der Waals surface area contributed by atoms with E-state index in [1.165, 1.54) is 0 Å². The zero-order chi connectivity index (χ0) is 8.97. The molecule has 0 aliphatic carbocycles. The number of nitrogens with two attached hydrogens (primary N) is 1. The molecule has 0 aromatic carbocycles. The molecule has 2 atom stereocenters. The monoisotopic (exact) mass is 171 g/mol. The van der Waals surface area contributed by atoms with Gasteiger partial charge in [-0.05, 0) is 19.9 Å². The van der Waals surface area contributed by atoms with Gasteiger partial charge in [-0.1, -0.05) is 0 Å². The number of hydrogen-bond donors (Lipinski definition) is 3. The molecule has 2 unspecified atom stereocenters. The van der Waals surface area contributed by atoms with Crippen molar-refractivity contribution in [3.8, 4) is 0 Å². The van der Waals surface area contributed by atoms with E-state index in [0.717, 1.165) is 19.5 Å². The van der Waals surface area contributed by atoms with Crippen molar-refractivity contribution in [1.29, 1.82) is 0 Å². The molecule has 4 nitrogen and oxygen atoms in total. The lowest BCUT2D eigenvalue weighted by Gasteiger charge is -2.11. The summed E-state index contributed by atoms with van der Waals surface area (Å²) in [6.45, 7) is 4.23. The van der Waals surface area contributed by atoms with Gasteiger partial charge in [-0.2, -0.15) is 0 Å². The molecule has 1 fully saturated rings. The molecule has 0 spiro atoms. The van der Waals surface area contributed by atoms with Gasteiger partial charge in [0.25, 0.3) is 0 Å². The van der Waals surface area contributed by atoms with E-state index in [0.29, 0.717) is 6.54 Å². The first-order chi connectivity index (χ1) is 5.70. The van der Waals surface area contributed by atoms with Crippen molar-refractivity contribution in [1.82, 2.24) is 10.6 Å². The Kier molecular flexibility index (Phi) is 3.49. The van der Waals surface area contributed by atoms with Crippen LogP contribution < -0.4 is 16.4 Å². The van der Waals surface area contributed by atoms with Crippen LogP contribution >= 0.6 is 0 Å². The van der Waals surface area contributed by atoms with Crippen molar-refractivity contribution in [3.05, 3.63) is 0 Å². The van der Waals surface area contributed by atoms with Crippen LogP contribution in [0.1, 0.15) is 13.3 Å². The molecular weight excluding hydrogens is 154 g/mol. The third kappa shape index (κ3) is 2.79. The molecule has 1 aliphatic heterocycles. The fraction of sp³-hybridized carbons (Fsp3) is 0.875. The normalized spacial score (nSPS) is 25.3. The first-order valence-corrected chi connectivity index (χ1v) is 4.44. The second kappa shape index (κ2) is 4.42.